The predicted molar refractivity (Wildman–Crippen MR) is 64.4 cm³/mol. The first-order valence-corrected chi connectivity index (χ1v) is 5.62. The molecular weight excluding hydrogens is 250 g/mol. The summed E-state index contributed by atoms with van der Waals surface area (Å²) >= 11 is 0. The average Bonchev–Trinajstić information content (AvgIpc) is 2.93. The van der Waals surface area contributed by atoms with E-state index in [9.17, 15) is 4.79 Å². The minimum absolute atomic E-state index is 0.219. The number of aromatic nitrogens is 3. The standard InChI is InChI=1S/C12H13N3O4/c1-17-10-5-3-8(7-13-10)12-14-9(15-19-12)4-6-11(16)18-2/h3,5,7H,4,6H2,1-2H3. The third-order valence-corrected chi connectivity index (χ3v) is 2.44. The van der Waals surface area contributed by atoms with Gasteiger partial charge >= 0.3 is 5.97 Å². The Morgan fingerprint density at radius 1 is 1.37 bits per heavy atom. The van der Waals surface area contributed by atoms with Gasteiger partial charge in [-0.1, -0.05) is 5.16 Å². The Bertz CT molecular complexity index is 550. The van der Waals surface area contributed by atoms with Crippen molar-refractivity contribution >= 4 is 5.97 Å². The molecule has 0 aromatic carbocycles. The molecule has 0 saturated heterocycles. The van der Waals surface area contributed by atoms with Gasteiger partial charge in [0.05, 0.1) is 26.2 Å². The van der Waals surface area contributed by atoms with Crippen molar-refractivity contribution in [3.05, 3.63) is 24.2 Å². The summed E-state index contributed by atoms with van der Waals surface area (Å²) in [6.07, 6.45) is 2.17. The molecule has 7 nitrogen and oxygen atoms in total. The van der Waals surface area contributed by atoms with Gasteiger partial charge in [-0.2, -0.15) is 4.98 Å². The summed E-state index contributed by atoms with van der Waals surface area (Å²) in [5.41, 5.74) is 0.692. The molecule has 0 spiro atoms. The fourth-order valence-corrected chi connectivity index (χ4v) is 1.42. The largest absolute Gasteiger partial charge is 0.481 e. The number of carbonyl (C=O) groups excluding carboxylic acids is 1. The van der Waals surface area contributed by atoms with E-state index in [4.69, 9.17) is 9.26 Å². The first-order chi connectivity index (χ1) is 9.22. The van der Waals surface area contributed by atoms with Crippen LogP contribution < -0.4 is 4.74 Å². The van der Waals surface area contributed by atoms with E-state index in [2.05, 4.69) is 19.9 Å². The minimum atomic E-state index is -0.308. The van der Waals surface area contributed by atoms with Gasteiger partial charge < -0.3 is 14.0 Å². The van der Waals surface area contributed by atoms with Crippen molar-refractivity contribution in [3.8, 4) is 17.3 Å². The van der Waals surface area contributed by atoms with Crippen LogP contribution >= 0.6 is 0 Å². The number of esters is 1. The Hall–Kier alpha value is -2.44. The summed E-state index contributed by atoms with van der Waals surface area (Å²) in [4.78, 5) is 19.2. The molecule has 19 heavy (non-hydrogen) atoms. The van der Waals surface area contributed by atoms with E-state index in [1.54, 1.807) is 25.4 Å². The number of rotatable bonds is 5. The summed E-state index contributed by atoms with van der Waals surface area (Å²) in [7, 11) is 2.88. The molecule has 2 rings (SSSR count). The lowest BCUT2D eigenvalue weighted by molar-refractivity contribution is -0.140. The molecule has 0 bridgehead atoms. The van der Waals surface area contributed by atoms with E-state index >= 15 is 0 Å². The maximum Gasteiger partial charge on any atom is 0.305 e. The lowest BCUT2D eigenvalue weighted by atomic mass is 10.3. The second-order valence-electron chi connectivity index (χ2n) is 3.68. The van der Waals surface area contributed by atoms with Crippen LogP contribution in [0.25, 0.3) is 11.5 Å². The van der Waals surface area contributed by atoms with Crippen molar-refractivity contribution in [1.29, 1.82) is 0 Å². The zero-order chi connectivity index (χ0) is 13.7. The molecule has 0 saturated carbocycles. The second-order valence-corrected chi connectivity index (χ2v) is 3.68. The van der Waals surface area contributed by atoms with E-state index in [0.29, 0.717) is 29.6 Å². The predicted octanol–water partition coefficient (Wildman–Crippen LogP) is 1.25. The highest BCUT2D eigenvalue weighted by atomic mass is 16.5. The Morgan fingerprint density at radius 2 is 2.21 bits per heavy atom. The summed E-state index contributed by atoms with van der Waals surface area (Å²) < 4.78 is 14.6. The van der Waals surface area contributed by atoms with Crippen molar-refractivity contribution in [2.75, 3.05) is 14.2 Å². The normalized spacial score (nSPS) is 10.2. The SMILES string of the molecule is COC(=O)CCc1noc(-c2ccc(OC)nc2)n1. The summed E-state index contributed by atoms with van der Waals surface area (Å²) in [5.74, 6) is 1.01. The Morgan fingerprint density at radius 3 is 2.84 bits per heavy atom. The van der Waals surface area contributed by atoms with Gasteiger partial charge in [-0.15, -0.1) is 0 Å². The Kier molecular flexibility index (Phi) is 4.07. The van der Waals surface area contributed by atoms with Crippen LogP contribution in [0.4, 0.5) is 0 Å². The molecule has 100 valence electrons. The maximum absolute atomic E-state index is 11.0. The van der Waals surface area contributed by atoms with Gasteiger partial charge in [-0.05, 0) is 6.07 Å². The topological polar surface area (TPSA) is 87.3 Å². The number of aryl methyl sites for hydroxylation is 1. The number of methoxy groups -OCH3 is 2. The smallest absolute Gasteiger partial charge is 0.305 e. The van der Waals surface area contributed by atoms with E-state index < -0.39 is 0 Å². The van der Waals surface area contributed by atoms with Crippen LogP contribution in [0.15, 0.2) is 22.9 Å². The van der Waals surface area contributed by atoms with Crippen LogP contribution in [-0.2, 0) is 16.0 Å². The summed E-state index contributed by atoms with van der Waals surface area (Å²) in [5, 5.41) is 3.79. The third-order valence-electron chi connectivity index (χ3n) is 2.44. The molecule has 0 aliphatic heterocycles. The molecule has 0 radical (unpaired) electrons. The third kappa shape index (κ3) is 3.27. The molecule has 2 aromatic rings. The highest BCUT2D eigenvalue weighted by Gasteiger charge is 2.11. The van der Waals surface area contributed by atoms with Gasteiger partial charge in [0.2, 0.25) is 5.88 Å². The van der Waals surface area contributed by atoms with E-state index in [1.807, 2.05) is 0 Å². The van der Waals surface area contributed by atoms with Gasteiger partial charge in [0.25, 0.3) is 5.89 Å². The summed E-state index contributed by atoms with van der Waals surface area (Å²) in [6, 6.07) is 3.47. The fraction of sp³-hybridized carbons (Fsp3) is 0.333. The number of pyridine rings is 1. The lowest BCUT2D eigenvalue weighted by Gasteiger charge is -1.97. The zero-order valence-corrected chi connectivity index (χ0v) is 10.6. The van der Waals surface area contributed by atoms with Crippen molar-refractivity contribution in [2.24, 2.45) is 0 Å². The van der Waals surface area contributed by atoms with Gasteiger partial charge in [0.1, 0.15) is 0 Å². The molecule has 0 fully saturated rings. The zero-order valence-electron chi connectivity index (χ0n) is 10.6. The van der Waals surface area contributed by atoms with Crippen LogP contribution in [0.3, 0.4) is 0 Å². The highest BCUT2D eigenvalue weighted by Crippen LogP contribution is 2.18. The first-order valence-electron chi connectivity index (χ1n) is 5.62. The van der Waals surface area contributed by atoms with E-state index in [1.165, 1.54) is 7.11 Å². The molecule has 0 unspecified atom stereocenters. The van der Waals surface area contributed by atoms with Gasteiger partial charge in [-0.3, -0.25) is 4.79 Å². The number of ether oxygens (including phenoxy) is 2. The number of nitrogens with zero attached hydrogens (tertiary/aromatic N) is 3. The Balaban J connectivity index is 2.05. The molecule has 0 amide bonds. The molecule has 7 heteroatoms. The van der Waals surface area contributed by atoms with Crippen molar-refractivity contribution in [1.82, 2.24) is 15.1 Å². The van der Waals surface area contributed by atoms with E-state index in [-0.39, 0.29) is 12.4 Å². The molecule has 2 heterocycles. The minimum Gasteiger partial charge on any atom is -0.481 e. The maximum atomic E-state index is 11.0. The van der Waals surface area contributed by atoms with Gasteiger partial charge in [0.15, 0.2) is 5.82 Å². The quantitative estimate of drug-likeness (QED) is 0.750. The van der Waals surface area contributed by atoms with Gasteiger partial charge in [0, 0.05) is 18.7 Å². The first kappa shape index (κ1) is 13.0. The van der Waals surface area contributed by atoms with Crippen LogP contribution in [0, 0.1) is 0 Å². The number of carbonyl (C=O) groups is 1. The molecule has 0 aliphatic carbocycles. The highest BCUT2D eigenvalue weighted by molar-refractivity contribution is 5.69. The van der Waals surface area contributed by atoms with Crippen molar-refractivity contribution in [2.45, 2.75) is 12.8 Å². The van der Waals surface area contributed by atoms with Crippen molar-refractivity contribution in [3.63, 3.8) is 0 Å². The molecular formula is C12H13N3O4. The number of hydrogen-bond donors (Lipinski definition) is 0. The van der Waals surface area contributed by atoms with Crippen LogP contribution in [0.1, 0.15) is 12.2 Å². The molecule has 0 aliphatic rings. The van der Waals surface area contributed by atoms with Crippen molar-refractivity contribution < 1.29 is 18.8 Å². The molecule has 0 N–H and O–H groups in total. The molecule has 0 atom stereocenters. The number of hydrogen-bond acceptors (Lipinski definition) is 7. The fourth-order valence-electron chi connectivity index (χ4n) is 1.42. The lowest BCUT2D eigenvalue weighted by Crippen LogP contribution is -2.02. The second kappa shape index (κ2) is 5.94. The van der Waals surface area contributed by atoms with E-state index in [0.717, 1.165) is 0 Å². The van der Waals surface area contributed by atoms with Gasteiger partial charge in [-0.25, -0.2) is 4.98 Å². The average molecular weight is 263 g/mol. The van der Waals surface area contributed by atoms with Crippen LogP contribution in [-0.4, -0.2) is 35.3 Å². The van der Waals surface area contributed by atoms with Crippen LogP contribution in [0.2, 0.25) is 0 Å². The van der Waals surface area contributed by atoms with Crippen LogP contribution in [0.5, 0.6) is 5.88 Å². The Labute approximate surface area is 109 Å². The monoisotopic (exact) mass is 263 g/mol. The molecule has 2 aromatic heterocycles. The summed E-state index contributed by atoms with van der Waals surface area (Å²) in [6.45, 7) is 0.